The van der Waals surface area contributed by atoms with Crippen LogP contribution >= 0.6 is 0 Å². The molecule has 26 heavy (non-hydrogen) atoms. The molecule has 0 saturated heterocycles. The van der Waals surface area contributed by atoms with Gasteiger partial charge in [-0.3, -0.25) is 4.79 Å². The number of ketones is 1. The summed E-state index contributed by atoms with van der Waals surface area (Å²) in [6.07, 6.45) is 1.39. The molecular formula is C19H16N4O3. The van der Waals surface area contributed by atoms with E-state index in [1.807, 2.05) is 6.07 Å². The Balaban J connectivity index is 1.78. The number of nitrogens with one attached hydrogen (secondary N) is 2. The van der Waals surface area contributed by atoms with E-state index in [0.29, 0.717) is 22.9 Å². The lowest BCUT2D eigenvalue weighted by Gasteiger charge is -2.09. The molecule has 3 N–H and O–H groups in total. The van der Waals surface area contributed by atoms with E-state index in [-0.39, 0.29) is 11.3 Å². The smallest absolute Gasteiger partial charge is 0.335 e. The highest BCUT2D eigenvalue weighted by atomic mass is 16.4. The van der Waals surface area contributed by atoms with Gasteiger partial charge in [0.15, 0.2) is 5.78 Å². The maximum Gasteiger partial charge on any atom is 0.335 e. The Kier molecular flexibility index (Phi) is 4.89. The van der Waals surface area contributed by atoms with E-state index in [4.69, 9.17) is 5.11 Å². The highest BCUT2D eigenvalue weighted by molar-refractivity contribution is 5.95. The summed E-state index contributed by atoms with van der Waals surface area (Å²) in [4.78, 5) is 30.8. The van der Waals surface area contributed by atoms with Gasteiger partial charge < -0.3 is 15.7 Å². The van der Waals surface area contributed by atoms with Crippen LogP contribution in [0.15, 0.2) is 60.9 Å². The maximum absolute atomic E-state index is 11.5. The number of aromatic nitrogens is 2. The Hall–Kier alpha value is -3.74. The molecule has 7 heteroatoms. The van der Waals surface area contributed by atoms with Crippen molar-refractivity contribution in [2.24, 2.45) is 0 Å². The van der Waals surface area contributed by atoms with Gasteiger partial charge in [-0.2, -0.15) is 0 Å². The van der Waals surface area contributed by atoms with Gasteiger partial charge in [0.25, 0.3) is 0 Å². The number of rotatable bonds is 6. The Morgan fingerprint density at radius 2 is 1.38 bits per heavy atom. The van der Waals surface area contributed by atoms with Crippen LogP contribution in [0.25, 0.3) is 0 Å². The van der Waals surface area contributed by atoms with Crippen molar-refractivity contribution in [3.8, 4) is 0 Å². The van der Waals surface area contributed by atoms with E-state index >= 15 is 0 Å². The number of Topliss-reactive ketones (excluding diaryl/α,β-unsaturated/α-hetero) is 1. The zero-order valence-electron chi connectivity index (χ0n) is 13.9. The number of hydrogen-bond donors (Lipinski definition) is 3. The molecule has 1 aromatic heterocycles. The zero-order valence-corrected chi connectivity index (χ0v) is 13.9. The number of carboxylic acids is 1. The van der Waals surface area contributed by atoms with E-state index in [1.54, 1.807) is 36.4 Å². The summed E-state index contributed by atoms with van der Waals surface area (Å²) >= 11 is 0. The second-order valence-corrected chi connectivity index (χ2v) is 5.56. The standard InChI is InChI=1S/C19H16N4O3/c1-12(24)13-4-2-6-15(8-13)22-17-10-18(21-11-20-17)23-16-7-3-5-14(9-16)19(25)26/h2-11H,1H3,(H,25,26)(H2,20,21,22,23). The van der Waals surface area contributed by atoms with Crippen LogP contribution in [0.4, 0.5) is 23.0 Å². The first-order valence-electron chi connectivity index (χ1n) is 7.82. The number of nitrogens with zero attached hydrogens (tertiary/aromatic N) is 2. The average Bonchev–Trinajstić information content (AvgIpc) is 2.62. The third-order valence-electron chi connectivity index (χ3n) is 3.59. The fourth-order valence-corrected chi connectivity index (χ4v) is 2.34. The number of hydrogen-bond acceptors (Lipinski definition) is 6. The Morgan fingerprint density at radius 1 is 0.846 bits per heavy atom. The largest absolute Gasteiger partial charge is 0.478 e. The number of benzene rings is 2. The third kappa shape index (κ3) is 4.21. The van der Waals surface area contributed by atoms with Crippen LogP contribution < -0.4 is 10.6 Å². The molecule has 0 fully saturated rings. The van der Waals surface area contributed by atoms with Crippen molar-refractivity contribution in [3.63, 3.8) is 0 Å². The topological polar surface area (TPSA) is 104 Å². The van der Waals surface area contributed by atoms with Gasteiger partial charge in [0.2, 0.25) is 0 Å². The molecule has 3 rings (SSSR count). The summed E-state index contributed by atoms with van der Waals surface area (Å²) in [6.45, 7) is 1.51. The summed E-state index contributed by atoms with van der Waals surface area (Å²) in [5, 5.41) is 15.2. The van der Waals surface area contributed by atoms with Crippen molar-refractivity contribution in [2.75, 3.05) is 10.6 Å². The van der Waals surface area contributed by atoms with Gasteiger partial charge in [0, 0.05) is 23.0 Å². The second kappa shape index (κ2) is 7.43. The van der Waals surface area contributed by atoms with E-state index in [2.05, 4.69) is 20.6 Å². The predicted molar refractivity (Wildman–Crippen MR) is 98.4 cm³/mol. The number of anilines is 4. The number of aromatic carboxylic acids is 1. The van der Waals surface area contributed by atoms with E-state index in [9.17, 15) is 9.59 Å². The zero-order chi connectivity index (χ0) is 18.5. The highest BCUT2D eigenvalue weighted by Gasteiger charge is 2.06. The Labute approximate surface area is 149 Å². The van der Waals surface area contributed by atoms with Crippen molar-refractivity contribution >= 4 is 34.8 Å². The van der Waals surface area contributed by atoms with Crippen LogP contribution in [0.2, 0.25) is 0 Å². The Morgan fingerprint density at radius 3 is 1.92 bits per heavy atom. The van der Waals surface area contributed by atoms with Crippen molar-refractivity contribution < 1.29 is 14.7 Å². The van der Waals surface area contributed by atoms with Crippen LogP contribution in [0.5, 0.6) is 0 Å². The molecule has 0 saturated carbocycles. The predicted octanol–water partition coefficient (Wildman–Crippen LogP) is 3.86. The summed E-state index contributed by atoms with van der Waals surface area (Å²) < 4.78 is 0. The van der Waals surface area contributed by atoms with E-state index < -0.39 is 5.97 Å². The molecule has 0 atom stereocenters. The fourth-order valence-electron chi connectivity index (χ4n) is 2.34. The van der Waals surface area contributed by atoms with Gasteiger partial charge in [-0.25, -0.2) is 14.8 Å². The van der Waals surface area contributed by atoms with Gasteiger partial charge >= 0.3 is 5.97 Å². The van der Waals surface area contributed by atoms with Crippen molar-refractivity contribution in [1.82, 2.24) is 9.97 Å². The summed E-state index contributed by atoms with van der Waals surface area (Å²) in [5.41, 5.74) is 2.12. The summed E-state index contributed by atoms with van der Waals surface area (Å²) in [5.74, 6) is 0.0337. The number of carboxylic acid groups (broad SMARTS) is 1. The molecule has 0 radical (unpaired) electrons. The van der Waals surface area contributed by atoms with Crippen LogP contribution in [-0.4, -0.2) is 26.8 Å². The quantitative estimate of drug-likeness (QED) is 0.581. The highest BCUT2D eigenvalue weighted by Crippen LogP contribution is 2.20. The summed E-state index contributed by atoms with van der Waals surface area (Å²) in [7, 11) is 0. The third-order valence-corrected chi connectivity index (χ3v) is 3.59. The molecule has 3 aromatic rings. The first-order chi connectivity index (χ1) is 12.5. The van der Waals surface area contributed by atoms with Crippen LogP contribution in [0.3, 0.4) is 0 Å². The van der Waals surface area contributed by atoms with Gasteiger partial charge in [-0.1, -0.05) is 18.2 Å². The lowest BCUT2D eigenvalue weighted by atomic mass is 10.1. The monoisotopic (exact) mass is 348 g/mol. The molecule has 0 aliphatic carbocycles. The Bertz CT molecular complexity index is 898. The van der Waals surface area contributed by atoms with Crippen molar-refractivity contribution in [1.29, 1.82) is 0 Å². The SMILES string of the molecule is CC(=O)c1cccc(Nc2cc(Nc3cccc(C(=O)O)c3)ncn2)c1. The minimum atomic E-state index is -0.996. The number of carbonyl (C=O) groups is 2. The van der Waals surface area contributed by atoms with Crippen LogP contribution in [-0.2, 0) is 0 Å². The van der Waals surface area contributed by atoms with Crippen molar-refractivity contribution in [3.05, 3.63) is 72.1 Å². The van der Waals surface area contributed by atoms with Gasteiger partial charge in [0.05, 0.1) is 5.56 Å². The lowest BCUT2D eigenvalue weighted by molar-refractivity contribution is 0.0696. The van der Waals surface area contributed by atoms with Gasteiger partial charge in [-0.15, -0.1) is 0 Å². The fraction of sp³-hybridized carbons (Fsp3) is 0.0526. The van der Waals surface area contributed by atoms with Crippen molar-refractivity contribution in [2.45, 2.75) is 6.92 Å². The van der Waals surface area contributed by atoms with E-state index in [1.165, 1.54) is 25.4 Å². The van der Waals surface area contributed by atoms with Gasteiger partial charge in [-0.05, 0) is 37.3 Å². The van der Waals surface area contributed by atoms with Gasteiger partial charge in [0.1, 0.15) is 18.0 Å². The number of carbonyl (C=O) groups excluding carboxylic acids is 1. The van der Waals surface area contributed by atoms with Crippen LogP contribution in [0, 0.1) is 0 Å². The van der Waals surface area contributed by atoms with Crippen LogP contribution in [0.1, 0.15) is 27.6 Å². The summed E-state index contributed by atoms with van der Waals surface area (Å²) in [6, 6.07) is 15.2. The minimum Gasteiger partial charge on any atom is -0.478 e. The first-order valence-corrected chi connectivity index (χ1v) is 7.82. The molecule has 130 valence electrons. The molecule has 1 heterocycles. The molecular weight excluding hydrogens is 332 g/mol. The lowest BCUT2D eigenvalue weighted by Crippen LogP contribution is -2.01. The molecule has 0 aliphatic rings. The second-order valence-electron chi connectivity index (χ2n) is 5.56. The average molecular weight is 348 g/mol. The first kappa shape index (κ1) is 17.1. The molecule has 0 amide bonds. The molecule has 0 bridgehead atoms. The normalized spacial score (nSPS) is 10.2. The molecule has 0 unspecified atom stereocenters. The minimum absolute atomic E-state index is 0.0167. The molecule has 0 spiro atoms. The molecule has 0 aliphatic heterocycles. The maximum atomic E-state index is 11.5. The molecule has 7 nitrogen and oxygen atoms in total. The molecule has 2 aromatic carbocycles. The van der Waals surface area contributed by atoms with E-state index in [0.717, 1.165) is 5.69 Å².